The summed E-state index contributed by atoms with van der Waals surface area (Å²) in [6.07, 6.45) is 1.65. The second kappa shape index (κ2) is 11.1. The highest BCUT2D eigenvalue weighted by Gasteiger charge is 2.08. The molecule has 0 aliphatic carbocycles. The molecule has 3 aromatic rings. The minimum absolute atomic E-state index is 0.168. The van der Waals surface area contributed by atoms with Gasteiger partial charge in [0, 0.05) is 5.75 Å². The van der Waals surface area contributed by atoms with Crippen LogP contribution in [0.15, 0.2) is 68.4 Å². The Balaban J connectivity index is 1.39. The van der Waals surface area contributed by atoms with Gasteiger partial charge >= 0.3 is 0 Å². The molecule has 0 spiro atoms. The van der Waals surface area contributed by atoms with E-state index in [1.54, 1.807) is 18.0 Å². The van der Waals surface area contributed by atoms with Gasteiger partial charge in [-0.15, -0.1) is 10.2 Å². The van der Waals surface area contributed by atoms with E-state index in [0.717, 1.165) is 20.0 Å². The van der Waals surface area contributed by atoms with Gasteiger partial charge in [-0.05, 0) is 22.6 Å². The zero-order valence-electron chi connectivity index (χ0n) is 16.2. The predicted molar refractivity (Wildman–Crippen MR) is 123 cm³/mol. The van der Waals surface area contributed by atoms with Crippen molar-refractivity contribution in [3.05, 3.63) is 71.3 Å². The maximum absolute atomic E-state index is 12.0. The van der Waals surface area contributed by atoms with Gasteiger partial charge in [-0.2, -0.15) is 5.10 Å². The average molecular weight is 443 g/mol. The Kier molecular flexibility index (Phi) is 8.27. The third-order valence-electron chi connectivity index (χ3n) is 3.93. The van der Waals surface area contributed by atoms with Crippen molar-refractivity contribution < 1.29 is 4.79 Å². The van der Waals surface area contributed by atoms with Crippen LogP contribution < -0.4 is 5.43 Å². The molecule has 0 radical (unpaired) electrons. The van der Waals surface area contributed by atoms with Gasteiger partial charge in [-0.25, -0.2) is 5.43 Å². The Labute approximate surface area is 183 Å². The maximum Gasteiger partial charge on any atom is 0.250 e. The van der Waals surface area contributed by atoms with E-state index in [-0.39, 0.29) is 11.7 Å². The van der Waals surface area contributed by atoms with Crippen LogP contribution in [0, 0.1) is 0 Å². The van der Waals surface area contributed by atoms with Gasteiger partial charge < -0.3 is 0 Å². The fourth-order valence-corrected chi connectivity index (χ4v) is 5.11. The molecular weight excluding hydrogens is 420 g/mol. The van der Waals surface area contributed by atoms with E-state index >= 15 is 0 Å². The highest BCUT2D eigenvalue weighted by Crippen LogP contribution is 2.30. The quantitative estimate of drug-likeness (QED) is 0.280. The van der Waals surface area contributed by atoms with E-state index < -0.39 is 0 Å². The normalized spacial score (nSPS) is 11.3. The monoisotopic (exact) mass is 442 g/mol. The highest BCUT2D eigenvalue weighted by molar-refractivity contribution is 8.03. The molecule has 150 valence electrons. The van der Waals surface area contributed by atoms with Crippen molar-refractivity contribution in [2.24, 2.45) is 5.10 Å². The summed E-state index contributed by atoms with van der Waals surface area (Å²) in [6, 6.07) is 18.4. The molecule has 0 saturated heterocycles. The minimum atomic E-state index is -0.168. The average Bonchev–Trinajstić information content (AvgIpc) is 3.20. The standard InChI is InChI=1S/C21H22N4OS3/c1-15(2)18-10-8-16(9-11-18)12-22-23-19(26)14-28-21-25-24-20(29-21)27-13-17-6-4-3-5-7-17/h3-12,15H,13-14H2,1-2H3,(H,23,26)/b22-12-. The van der Waals surface area contributed by atoms with Gasteiger partial charge in [0.15, 0.2) is 8.68 Å². The molecular formula is C21H22N4OS3. The maximum atomic E-state index is 12.0. The molecule has 3 rings (SSSR count). The molecule has 1 amide bonds. The molecule has 0 saturated carbocycles. The van der Waals surface area contributed by atoms with Crippen molar-refractivity contribution in [2.75, 3.05) is 5.75 Å². The van der Waals surface area contributed by atoms with Crippen LogP contribution in [-0.4, -0.2) is 28.1 Å². The van der Waals surface area contributed by atoms with Crippen molar-refractivity contribution >= 4 is 47.0 Å². The van der Waals surface area contributed by atoms with E-state index in [4.69, 9.17) is 0 Å². The third-order valence-corrected chi connectivity index (χ3v) is 7.19. The number of carbonyl (C=O) groups excluding carboxylic acids is 1. The SMILES string of the molecule is CC(C)c1ccc(/C=N\NC(=O)CSc2nnc(SCc3ccccc3)s2)cc1. The van der Waals surface area contributed by atoms with Crippen molar-refractivity contribution in [3.63, 3.8) is 0 Å². The zero-order valence-corrected chi connectivity index (χ0v) is 18.7. The van der Waals surface area contributed by atoms with Gasteiger partial charge in [-0.3, -0.25) is 4.79 Å². The Morgan fingerprint density at radius 1 is 1.07 bits per heavy atom. The van der Waals surface area contributed by atoms with Crippen LogP contribution in [0.5, 0.6) is 0 Å². The van der Waals surface area contributed by atoms with Gasteiger partial charge in [-0.1, -0.05) is 103 Å². The zero-order chi connectivity index (χ0) is 20.5. The predicted octanol–water partition coefficient (Wildman–Crippen LogP) is 5.20. The van der Waals surface area contributed by atoms with E-state index in [1.165, 1.54) is 34.2 Å². The summed E-state index contributed by atoms with van der Waals surface area (Å²) in [5.74, 6) is 1.43. The molecule has 0 atom stereocenters. The Bertz CT molecular complexity index is 940. The summed E-state index contributed by atoms with van der Waals surface area (Å²) in [7, 11) is 0. The molecule has 0 aliphatic rings. The van der Waals surface area contributed by atoms with Crippen LogP contribution >= 0.6 is 34.9 Å². The number of benzene rings is 2. The van der Waals surface area contributed by atoms with Crippen LogP contribution in [-0.2, 0) is 10.5 Å². The Morgan fingerprint density at radius 3 is 2.45 bits per heavy atom. The Morgan fingerprint density at radius 2 is 1.76 bits per heavy atom. The minimum Gasteiger partial charge on any atom is -0.272 e. The number of hydrazone groups is 1. The first-order valence-electron chi connectivity index (χ1n) is 9.15. The van der Waals surface area contributed by atoms with E-state index in [2.05, 4.69) is 58.8 Å². The number of hydrogen-bond donors (Lipinski definition) is 1. The molecule has 0 fully saturated rings. The van der Waals surface area contributed by atoms with E-state index in [0.29, 0.717) is 5.92 Å². The number of nitrogens with zero attached hydrogens (tertiary/aromatic N) is 3. The van der Waals surface area contributed by atoms with Crippen LogP contribution in [0.2, 0.25) is 0 Å². The molecule has 0 unspecified atom stereocenters. The molecule has 1 aromatic heterocycles. The van der Waals surface area contributed by atoms with Gasteiger partial charge in [0.25, 0.3) is 5.91 Å². The first-order chi connectivity index (χ1) is 14.1. The highest BCUT2D eigenvalue weighted by atomic mass is 32.2. The summed E-state index contributed by atoms with van der Waals surface area (Å²) >= 11 is 4.52. The van der Waals surface area contributed by atoms with Crippen LogP contribution in [0.1, 0.15) is 36.5 Å². The Hall–Kier alpha value is -2.16. The van der Waals surface area contributed by atoms with Crippen LogP contribution in [0.3, 0.4) is 0 Å². The molecule has 0 bridgehead atoms. The number of carbonyl (C=O) groups is 1. The van der Waals surface area contributed by atoms with Gasteiger partial charge in [0.1, 0.15) is 0 Å². The summed E-state index contributed by atoms with van der Waals surface area (Å²) in [5.41, 5.74) is 6.03. The fourth-order valence-electron chi connectivity index (χ4n) is 2.34. The number of rotatable bonds is 9. The van der Waals surface area contributed by atoms with Crippen molar-refractivity contribution in [2.45, 2.75) is 34.2 Å². The first-order valence-corrected chi connectivity index (χ1v) is 11.9. The van der Waals surface area contributed by atoms with Crippen molar-refractivity contribution in [3.8, 4) is 0 Å². The van der Waals surface area contributed by atoms with E-state index in [1.807, 2.05) is 30.3 Å². The molecule has 2 aromatic carbocycles. The van der Waals surface area contributed by atoms with Crippen LogP contribution in [0.25, 0.3) is 0 Å². The lowest BCUT2D eigenvalue weighted by molar-refractivity contribution is -0.118. The molecule has 5 nitrogen and oxygen atoms in total. The van der Waals surface area contributed by atoms with Crippen LogP contribution in [0.4, 0.5) is 0 Å². The lowest BCUT2D eigenvalue weighted by Crippen LogP contribution is -2.19. The summed E-state index contributed by atoms with van der Waals surface area (Å²) in [4.78, 5) is 12.0. The molecule has 0 aliphatic heterocycles. The number of nitrogens with one attached hydrogen (secondary N) is 1. The summed E-state index contributed by atoms with van der Waals surface area (Å²) < 4.78 is 1.68. The second-order valence-corrected chi connectivity index (χ2v) is 9.93. The number of thioether (sulfide) groups is 2. The largest absolute Gasteiger partial charge is 0.272 e. The molecule has 8 heteroatoms. The van der Waals surface area contributed by atoms with Crippen molar-refractivity contribution in [1.29, 1.82) is 0 Å². The second-order valence-electron chi connectivity index (χ2n) is 6.51. The molecule has 1 heterocycles. The van der Waals surface area contributed by atoms with Gasteiger partial charge in [0.2, 0.25) is 0 Å². The number of hydrogen-bond acceptors (Lipinski definition) is 7. The first kappa shape index (κ1) is 21.5. The lowest BCUT2D eigenvalue weighted by Gasteiger charge is -2.04. The third kappa shape index (κ3) is 7.30. The molecule has 1 N–H and O–H groups in total. The van der Waals surface area contributed by atoms with Gasteiger partial charge in [0.05, 0.1) is 12.0 Å². The summed E-state index contributed by atoms with van der Waals surface area (Å²) in [6.45, 7) is 4.31. The molecule has 29 heavy (non-hydrogen) atoms. The lowest BCUT2D eigenvalue weighted by atomic mass is 10.0. The number of aromatic nitrogens is 2. The van der Waals surface area contributed by atoms with E-state index in [9.17, 15) is 4.79 Å². The number of amides is 1. The smallest absolute Gasteiger partial charge is 0.250 e. The topological polar surface area (TPSA) is 67.2 Å². The fraction of sp³-hybridized carbons (Fsp3) is 0.238. The summed E-state index contributed by atoms with van der Waals surface area (Å²) in [5, 5.41) is 12.3. The van der Waals surface area contributed by atoms with Crippen molar-refractivity contribution in [1.82, 2.24) is 15.6 Å².